The lowest BCUT2D eigenvalue weighted by Gasteiger charge is -2.16. The Kier molecular flexibility index (Phi) is 9.44. The number of rotatable bonds is 10. The second-order valence-corrected chi connectivity index (χ2v) is 7.29. The van der Waals surface area contributed by atoms with Crippen LogP contribution in [0.25, 0.3) is 0 Å². The van der Waals surface area contributed by atoms with Gasteiger partial charge in [-0.3, -0.25) is 10.1 Å². The van der Waals surface area contributed by atoms with Crippen molar-refractivity contribution in [2.75, 3.05) is 13.2 Å². The predicted molar refractivity (Wildman–Crippen MR) is 112 cm³/mol. The van der Waals surface area contributed by atoms with Gasteiger partial charge in [-0.2, -0.15) is 0 Å². The van der Waals surface area contributed by atoms with Gasteiger partial charge < -0.3 is 19.5 Å². The summed E-state index contributed by atoms with van der Waals surface area (Å²) >= 11 is 0. The first-order valence-corrected chi connectivity index (χ1v) is 10.7. The van der Waals surface area contributed by atoms with E-state index in [4.69, 9.17) is 14.2 Å². The molecule has 1 aromatic rings. The third-order valence-corrected chi connectivity index (χ3v) is 4.81. The van der Waals surface area contributed by atoms with Gasteiger partial charge in [-0.1, -0.05) is 26.2 Å². The molecule has 0 radical (unpaired) electrons. The Balaban J connectivity index is 1.91. The minimum Gasteiger partial charge on any atom is -0.490 e. The van der Waals surface area contributed by atoms with Crippen molar-refractivity contribution >= 4 is 17.9 Å². The number of hydrogen-bond donors (Lipinski definition) is 2. The first kappa shape index (κ1) is 23.5. The first-order chi connectivity index (χ1) is 14.4. The minimum atomic E-state index is -1.12. The zero-order valence-corrected chi connectivity index (χ0v) is 18.0. The van der Waals surface area contributed by atoms with Crippen molar-refractivity contribution in [3.8, 4) is 11.5 Å². The van der Waals surface area contributed by atoms with Gasteiger partial charge in [0, 0.05) is 6.04 Å². The Morgan fingerprint density at radius 2 is 1.83 bits per heavy atom. The number of amides is 3. The van der Waals surface area contributed by atoms with Crippen molar-refractivity contribution in [3.05, 3.63) is 23.8 Å². The van der Waals surface area contributed by atoms with Gasteiger partial charge >= 0.3 is 12.0 Å². The summed E-state index contributed by atoms with van der Waals surface area (Å²) in [6, 6.07) is 4.26. The molecule has 0 saturated heterocycles. The molecular weight excluding hydrogens is 388 g/mol. The molecule has 0 aliphatic heterocycles. The van der Waals surface area contributed by atoms with Crippen LogP contribution < -0.4 is 20.1 Å². The number of benzene rings is 1. The van der Waals surface area contributed by atoms with Crippen LogP contribution in [0.15, 0.2) is 18.2 Å². The average molecular weight is 421 g/mol. The van der Waals surface area contributed by atoms with Gasteiger partial charge in [0.2, 0.25) is 0 Å². The summed E-state index contributed by atoms with van der Waals surface area (Å²) in [4.78, 5) is 36.5. The van der Waals surface area contributed by atoms with Crippen LogP contribution in [0.5, 0.6) is 11.5 Å². The fourth-order valence-corrected chi connectivity index (χ4v) is 3.14. The molecule has 1 aliphatic carbocycles. The second kappa shape index (κ2) is 12.0. The summed E-state index contributed by atoms with van der Waals surface area (Å²) in [7, 11) is 0. The third kappa shape index (κ3) is 7.24. The average Bonchev–Trinajstić information content (AvgIpc) is 3.22. The molecule has 0 spiro atoms. The normalized spacial score (nSPS) is 14.6. The molecule has 0 heterocycles. The summed E-state index contributed by atoms with van der Waals surface area (Å²) in [6.07, 6.45) is 4.75. The Morgan fingerprint density at radius 3 is 2.50 bits per heavy atom. The van der Waals surface area contributed by atoms with Gasteiger partial charge in [-0.05, 0) is 51.3 Å². The number of urea groups is 1. The number of unbranched alkanes of at least 4 members (excludes halogenated alkanes) is 1. The number of carbonyl (C=O) groups is 3. The SMILES string of the molecule is CCCCOc1ccc(C(=O)O[C@@H](C)C(=O)NC(=O)NC2CCCC2)cc1OCC. The van der Waals surface area contributed by atoms with Crippen LogP contribution in [0.1, 0.15) is 69.7 Å². The molecule has 0 bridgehead atoms. The predicted octanol–water partition coefficient (Wildman–Crippen LogP) is 3.58. The van der Waals surface area contributed by atoms with E-state index < -0.39 is 24.0 Å². The highest BCUT2D eigenvalue weighted by molar-refractivity contribution is 5.98. The second-order valence-electron chi connectivity index (χ2n) is 7.29. The maximum Gasteiger partial charge on any atom is 0.339 e. The Hall–Kier alpha value is -2.77. The molecule has 1 saturated carbocycles. The van der Waals surface area contributed by atoms with Crippen molar-refractivity contribution in [1.29, 1.82) is 0 Å². The highest BCUT2D eigenvalue weighted by Crippen LogP contribution is 2.29. The van der Waals surface area contributed by atoms with E-state index in [0.29, 0.717) is 24.7 Å². The van der Waals surface area contributed by atoms with Crippen molar-refractivity contribution in [2.45, 2.75) is 71.4 Å². The Labute approximate surface area is 177 Å². The number of imide groups is 1. The number of hydrogen-bond acceptors (Lipinski definition) is 6. The van der Waals surface area contributed by atoms with Crippen molar-refractivity contribution in [1.82, 2.24) is 10.6 Å². The number of carbonyl (C=O) groups excluding carboxylic acids is 3. The fraction of sp³-hybridized carbons (Fsp3) is 0.591. The lowest BCUT2D eigenvalue weighted by atomic mass is 10.2. The van der Waals surface area contributed by atoms with Gasteiger partial charge in [-0.25, -0.2) is 9.59 Å². The van der Waals surface area contributed by atoms with E-state index in [9.17, 15) is 14.4 Å². The molecule has 8 heteroatoms. The zero-order valence-electron chi connectivity index (χ0n) is 18.0. The summed E-state index contributed by atoms with van der Waals surface area (Å²) in [5.74, 6) is -0.370. The topological polar surface area (TPSA) is 103 Å². The number of ether oxygens (including phenoxy) is 3. The fourth-order valence-electron chi connectivity index (χ4n) is 3.14. The van der Waals surface area contributed by atoms with Crippen LogP contribution in [0.4, 0.5) is 4.79 Å². The smallest absolute Gasteiger partial charge is 0.339 e. The summed E-state index contributed by atoms with van der Waals surface area (Å²) in [6.45, 7) is 6.30. The van der Waals surface area contributed by atoms with E-state index >= 15 is 0 Å². The van der Waals surface area contributed by atoms with Crippen LogP contribution in [-0.4, -0.2) is 43.3 Å². The highest BCUT2D eigenvalue weighted by atomic mass is 16.5. The van der Waals surface area contributed by atoms with E-state index in [1.165, 1.54) is 13.0 Å². The van der Waals surface area contributed by atoms with E-state index in [1.54, 1.807) is 12.1 Å². The molecule has 1 aromatic carbocycles. The van der Waals surface area contributed by atoms with Crippen LogP contribution in [0, 0.1) is 0 Å². The van der Waals surface area contributed by atoms with Crippen molar-refractivity contribution < 1.29 is 28.6 Å². The third-order valence-electron chi connectivity index (χ3n) is 4.81. The van der Waals surface area contributed by atoms with Crippen molar-refractivity contribution in [2.24, 2.45) is 0 Å². The Bertz CT molecular complexity index is 730. The lowest BCUT2D eigenvalue weighted by Crippen LogP contribution is -2.47. The molecule has 1 fully saturated rings. The first-order valence-electron chi connectivity index (χ1n) is 10.7. The van der Waals surface area contributed by atoms with Crippen molar-refractivity contribution in [3.63, 3.8) is 0 Å². The van der Waals surface area contributed by atoms with E-state index in [1.807, 2.05) is 6.92 Å². The zero-order chi connectivity index (χ0) is 21.9. The molecule has 30 heavy (non-hydrogen) atoms. The largest absolute Gasteiger partial charge is 0.490 e. The van der Waals surface area contributed by atoms with Gasteiger partial charge in [0.25, 0.3) is 5.91 Å². The molecule has 0 aromatic heterocycles. The van der Waals surface area contributed by atoms with Crippen LogP contribution in [-0.2, 0) is 9.53 Å². The maximum atomic E-state index is 12.5. The molecule has 0 unspecified atom stereocenters. The minimum absolute atomic E-state index is 0.0886. The summed E-state index contributed by atoms with van der Waals surface area (Å²) in [5.41, 5.74) is 0.233. The number of nitrogens with one attached hydrogen (secondary N) is 2. The molecule has 3 amide bonds. The quantitative estimate of drug-likeness (QED) is 0.443. The van der Waals surface area contributed by atoms with Crippen LogP contribution >= 0.6 is 0 Å². The summed E-state index contributed by atoms with van der Waals surface area (Å²) < 4.78 is 16.5. The number of esters is 1. The van der Waals surface area contributed by atoms with E-state index in [0.717, 1.165) is 38.5 Å². The monoisotopic (exact) mass is 420 g/mol. The molecule has 1 aliphatic rings. The van der Waals surface area contributed by atoms with Crippen LogP contribution in [0.3, 0.4) is 0 Å². The molecular formula is C22H32N2O6. The lowest BCUT2D eigenvalue weighted by molar-refractivity contribution is -0.127. The van der Waals surface area contributed by atoms with Gasteiger partial charge in [-0.15, -0.1) is 0 Å². The highest BCUT2D eigenvalue weighted by Gasteiger charge is 2.23. The molecule has 2 N–H and O–H groups in total. The van der Waals surface area contributed by atoms with Gasteiger partial charge in [0.05, 0.1) is 18.8 Å². The molecule has 8 nitrogen and oxygen atoms in total. The molecule has 166 valence electrons. The Morgan fingerprint density at radius 1 is 1.10 bits per heavy atom. The molecule has 2 rings (SSSR count). The van der Waals surface area contributed by atoms with Gasteiger partial charge in [0.15, 0.2) is 17.6 Å². The van der Waals surface area contributed by atoms with E-state index in [2.05, 4.69) is 17.6 Å². The van der Waals surface area contributed by atoms with E-state index in [-0.39, 0.29) is 11.6 Å². The standard InChI is InChI=1S/C22H32N2O6/c1-4-6-13-29-18-12-11-16(14-19(18)28-5-2)21(26)30-15(3)20(25)24-22(27)23-17-9-7-8-10-17/h11-12,14-15,17H,4-10,13H2,1-3H3,(H2,23,24,25,27)/t15-/m0/s1. The summed E-state index contributed by atoms with van der Waals surface area (Å²) in [5, 5.41) is 4.98. The van der Waals surface area contributed by atoms with Gasteiger partial charge in [0.1, 0.15) is 0 Å². The molecule has 1 atom stereocenters. The van der Waals surface area contributed by atoms with Crippen LogP contribution in [0.2, 0.25) is 0 Å². The maximum absolute atomic E-state index is 12.5.